The van der Waals surface area contributed by atoms with Crippen LogP contribution in [-0.4, -0.2) is 71.7 Å². The van der Waals surface area contributed by atoms with Crippen LogP contribution in [0.5, 0.6) is 5.75 Å². The van der Waals surface area contributed by atoms with Crippen molar-refractivity contribution in [2.45, 2.75) is 50.8 Å². The highest BCUT2D eigenvalue weighted by atomic mass is 32.2. The number of pyridine rings is 1. The van der Waals surface area contributed by atoms with E-state index in [0.717, 1.165) is 67.1 Å². The van der Waals surface area contributed by atoms with E-state index in [1.807, 2.05) is 61.7 Å². The van der Waals surface area contributed by atoms with Crippen molar-refractivity contribution in [3.8, 4) is 5.75 Å². The van der Waals surface area contributed by atoms with Gasteiger partial charge >= 0.3 is 0 Å². The lowest BCUT2D eigenvalue weighted by molar-refractivity contribution is -0.130. The van der Waals surface area contributed by atoms with Gasteiger partial charge in [0.1, 0.15) is 16.7 Å². The number of methoxy groups -OCH3 is 1. The minimum atomic E-state index is -1.23. The minimum Gasteiger partial charge on any atom is -0.497 e. The van der Waals surface area contributed by atoms with E-state index in [0.29, 0.717) is 18.9 Å². The van der Waals surface area contributed by atoms with E-state index in [-0.39, 0.29) is 5.91 Å². The molecule has 0 aliphatic carbocycles. The van der Waals surface area contributed by atoms with Crippen LogP contribution >= 0.6 is 0 Å². The van der Waals surface area contributed by atoms with Crippen LogP contribution < -0.4 is 9.64 Å². The van der Waals surface area contributed by atoms with Crippen molar-refractivity contribution in [1.29, 1.82) is 0 Å². The van der Waals surface area contributed by atoms with Crippen LogP contribution in [0.4, 0.5) is 5.69 Å². The number of unbranched alkanes of at least 4 members (excludes halogenated alkanes) is 1. The summed E-state index contributed by atoms with van der Waals surface area (Å²) in [5.74, 6) is 1.53. The highest BCUT2D eigenvalue weighted by molar-refractivity contribution is 7.82. The Morgan fingerprint density at radius 2 is 1.74 bits per heavy atom. The Kier molecular flexibility index (Phi) is 10.1. The van der Waals surface area contributed by atoms with Gasteiger partial charge in [-0.15, -0.1) is 0 Å². The van der Waals surface area contributed by atoms with Crippen molar-refractivity contribution in [3.05, 3.63) is 47.8 Å². The summed E-state index contributed by atoms with van der Waals surface area (Å²) in [5.41, 5.74) is 3.16. The number of carbonyl (C=O) groups excluding carboxylic acids is 1. The Hall–Kier alpha value is -2.45. The first-order valence-corrected chi connectivity index (χ1v) is 13.6. The number of anilines is 1. The van der Waals surface area contributed by atoms with Crippen molar-refractivity contribution in [3.63, 3.8) is 0 Å². The van der Waals surface area contributed by atoms with Gasteiger partial charge in [-0.1, -0.05) is 0 Å². The predicted molar refractivity (Wildman–Crippen MR) is 142 cm³/mol. The molecular formula is C27H40N4O3S. The summed E-state index contributed by atoms with van der Waals surface area (Å²) in [4.78, 5) is 21.9. The van der Waals surface area contributed by atoms with Gasteiger partial charge < -0.3 is 14.5 Å². The molecule has 0 N–H and O–H groups in total. The summed E-state index contributed by atoms with van der Waals surface area (Å²) >= 11 is 0. The van der Waals surface area contributed by atoms with Crippen LogP contribution in [0.15, 0.2) is 41.6 Å². The monoisotopic (exact) mass is 500 g/mol. The molecule has 1 saturated heterocycles. The number of rotatable bonds is 11. The summed E-state index contributed by atoms with van der Waals surface area (Å²) in [7, 11) is 4.21. The molecule has 2 aromatic rings. The number of nitrogens with zero attached hydrogens (tertiary/aromatic N) is 4. The average Bonchev–Trinajstić information content (AvgIpc) is 2.86. The van der Waals surface area contributed by atoms with Gasteiger partial charge in [0.2, 0.25) is 5.91 Å². The fourth-order valence-corrected chi connectivity index (χ4v) is 6.04. The molecule has 1 fully saturated rings. The molecule has 1 aromatic carbocycles. The van der Waals surface area contributed by atoms with Gasteiger partial charge in [0, 0.05) is 64.8 Å². The van der Waals surface area contributed by atoms with Gasteiger partial charge in [0.15, 0.2) is 0 Å². The van der Waals surface area contributed by atoms with Crippen LogP contribution in [0.3, 0.4) is 0 Å². The molecule has 1 aliphatic heterocycles. The van der Waals surface area contributed by atoms with E-state index in [4.69, 9.17) is 4.74 Å². The van der Waals surface area contributed by atoms with Gasteiger partial charge in [-0.2, -0.15) is 0 Å². The van der Waals surface area contributed by atoms with Crippen LogP contribution in [0, 0.1) is 19.8 Å². The highest BCUT2D eigenvalue weighted by Crippen LogP contribution is 2.26. The molecule has 192 valence electrons. The summed E-state index contributed by atoms with van der Waals surface area (Å²) in [5, 5.41) is 0. The predicted octanol–water partition coefficient (Wildman–Crippen LogP) is 4.21. The lowest BCUT2D eigenvalue weighted by Crippen LogP contribution is -2.39. The largest absolute Gasteiger partial charge is 0.497 e. The highest BCUT2D eigenvalue weighted by Gasteiger charge is 2.22. The van der Waals surface area contributed by atoms with Crippen molar-refractivity contribution in [2.24, 2.45) is 5.92 Å². The molecule has 7 nitrogen and oxygen atoms in total. The van der Waals surface area contributed by atoms with E-state index in [2.05, 4.69) is 22.0 Å². The smallest absolute Gasteiger partial charge is 0.222 e. The lowest BCUT2D eigenvalue weighted by atomic mass is 9.96. The van der Waals surface area contributed by atoms with E-state index in [1.54, 1.807) is 7.11 Å². The number of carbonyl (C=O) groups is 1. The standard InChI is InChI=1S/C27H40N4O3S/c1-21-18-25(34-5)19-22(2)27(21)35(33)30(4)15-7-6-8-26(32)29(3)20-23-11-16-31(17-12-23)24-9-13-28-14-10-24/h9-10,13-14,18-19,23H,6-8,11-12,15-17,20H2,1-5H3. The molecule has 1 atom stereocenters. The Bertz CT molecular complexity index is 970. The van der Waals surface area contributed by atoms with Gasteiger partial charge in [-0.3, -0.25) is 9.78 Å². The first-order chi connectivity index (χ1) is 16.8. The molecule has 1 unspecified atom stereocenters. The van der Waals surface area contributed by atoms with Crippen LogP contribution in [0.2, 0.25) is 0 Å². The zero-order chi connectivity index (χ0) is 25.4. The zero-order valence-electron chi connectivity index (χ0n) is 21.8. The van der Waals surface area contributed by atoms with Crippen molar-refractivity contribution < 1.29 is 13.7 Å². The van der Waals surface area contributed by atoms with Crippen LogP contribution in [-0.2, 0) is 15.8 Å². The molecule has 1 amide bonds. The second-order valence-electron chi connectivity index (χ2n) is 9.56. The average molecular weight is 501 g/mol. The number of benzene rings is 1. The maximum Gasteiger partial charge on any atom is 0.222 e. The van der Waals surface area contributed by atoms with Gasteiger partial charge in [-0.25, -0.2) is 8.51 Å². The molecule has 0 spiro atoms. The van der Waals surface area contributed by atoms with Crippen molar-refractivity contribution in [1.82, 2.24) is 14.2 Å². The molecule has 0 radical (unpaired) electrons. The third-order valence-electron chi connectivity index (χ3n) is 6.84. The molecule has 3 rings (SSSR count). The van der Waals surface area contributed by atoms with Crippen LogP contribution in [0.25, 0.3) is 0 Å². The topological polar surface area (TPSA) is 66.0 Å². The number of piperidine rings is 1. The minimum absolute atomic E-state index is 0.201. The molecule has 2 heterocycles. The molecule has 1 aromatic heterocycles. The van der Waals surface area contributed by atoms with Gasteiger partial charge in [0.25, 0.3) is 0 Å². The van der Waals surface area contributed by atoms with Gasteiger partial charge in [-0.05, 0) is 80.8 Å². The number of amides is 1. The Morgan fingerprint density at radius 3 is 2.34 bits per heavy atom. The molecular weight excluding hydrogens is 460 g/mol. The zero-order valence-corrected chi connectivity index (χ0v) is 22.6. The van der Waals surface area contributed by atoms with E-state index >= 15 is 0 Å². The van der Waals surface area contributed by atoms with E-state index < -0.39 is 11.0 Å². The number of aromatic nitrogens is 1. The maximum atomic E-state index is 13.1. The Balaban J connectivity index is 1.37. The Morgan fingerprint density at radius 1 is 1.11 bits per heavy atom. The SMILES string of the molecule is COc1cc(C)c(S(=O)N(C)CCCCC(=O)N(C)CC2CCN(c3ccncc3)CC2)c(C)c1. The quantitative estimate of drug-likeness (QED) is 0.433. The number of hydrogen-bond donors (Lipinski definition) is 0. The molecule has 35 heavy (non-hydrogen) atoms. The summed E-state index contributed by atoms with van der Waals surface area (Å²) in [6.07, 6.45) is 8.04. The first-order valence-electron chi connectivity index (χ1n) is 12.5. The summed E-state index contributed by atoms with van der Waals surface area (Å²) in [6, 6.07) is 7.96. The van der Waals surface area contributed by atoms with Gasteiger partial charge in [0.05, 0.1) is 12.0 Å². The normalized spacial score (nSPS) is 15.3. The molecule has 0 saturated carbocycles. The van der Waals surface area contributed by atoms with E-state index in [9.17, 15) is 9.00 Å². The molecule has 0 bridgehead atoms. The fourth-order valence-electron chi connectivity index (χ4n) is 4.76. The number of aryl methyl sites for hydroxylation is 2. The number of ether oxygens (including phenoxy) is 1. The summed E-state index contributed by atoms with van der Waals surface area (Å²) < 4.78 is 20.2. The molecule has 1 aliphatic rings. The Labute approximate surface area is 213 Å². The first kappa shape index (κ1) is 27.1. The third kappa shape index (κ3) is 7.51. The maximum absolute atomic E-state index is 13.1. The number of hydrogen-bond acceptors (Lipinski definition) is 5. The second kappa shape index (κ2) is 13.0. The molecule has 8 heteroatoms. The van der Waals surface area contributed by atoms with E-state index in [1.165, 1.54) is 5.69 Å². The third-order valence-corrected chi connectivity index (χ3v) is 8.58. The lowest BCUT2D eigenvalue weighted by Gasteiger charge is -2.35. The second-order valence-corrected chi connectivity index (χ2v) is 11.1. The van der Waals surface area contributed by atoms with Crippen molar-refractivity contribution >= 4 is 22.6 Å². The summed E-state index contributed by atoms with van der Waals surface area (Å²) in [6.45, 7) is 7.48. The van der Waals surface area contributed by atoms with Crippen LogP contribution in [0.1, 0.15) is 43.2 Å². The van der Waals surface area contributed by atoms with Crippen molar-refractivity contribution in [2.75, 3.05) is 52.3 Å². The fraction of sp³-hybridized carbons (Fsp3) is 0.556.